The molecular weight excluding hydrogens is 412 g/mol. The lowest BCUT2D eigenvalue weighted by atomic mass is 10.1. The molecule has 1 aromatic carbocycles. The molecule has 9 heteroatoms. The zero-order valence-corrected chi connectivity index (χ0v) is 18.4. The van der Waals surface area contributed by atoms with Gasteiger partial charge < -0.3 is 29.3 Å². The molecule has 0 spiro atoms. The third-order valence-corrected chi connectivity index (χ3v) is 6.02. The molecule has 168 valence electrons. The predicted octanol–water partition coefficient (Wildman–Crippen LogP) is 1.22. The van der Waals surface area contributed by atoms with E-state index < -0.39 is 5.97 Å². The normalized spacial score (nSPS) is 15.5. The molecule has 32 heavy (non-hydrogen) atoms. The maximum Gasteiger partial charge on any atom is 0.356 e. The van der Waals surface area contributed by atoms with Gasteiger partial charge in [0, 0.05) is 10.9 Å². The minimum atomic E-state index is -0.542. The predicted molar refractivity (Wildman–Crippen MR) is 118 cm³/mol. The number of anilines is 1. The van der Waals surface area contributed by atoms with E-state index >= 15 is 0 Å². The number of aromatic nitrogens is 1. The second-order valence-electron chi connectivity index (χ2n) is 8.05. The second kappa shape index (κ2) is 8.88. The molecule has 0 unspecified atom stereocenters. The number of piperazine rings is 1. The van der Waals surface area contributed by atoms with Crippen molar-refractivity contribution >= 4 is 34.4 Å². The summed E-state index contributed by atoms with van der Waals surface area (Å²) in [5, 5.41) is 3.70. The van der Waals surface area contributed by atoms with Crippen LogP contribution in [0, 0.1) is 6.92 Å². The number of benzene rings is 1. The Kier molecular flexibility index (Phi) is 6.00. The Morgan fingerprint density at radius 1 is 1.22 bits per heavy atom. The Balaban J connectivity index is 1.46. The molecule has 3 N–H and O–H groups in total. The number of esters is 1. The van der Waals surface area contributed by atoms with Crippen molar-refractivity contribution in [1.29, 1.82) is 0 Å². The van der Waals surface area contributed by atoms with Gasteiger partial charge in [0.2, 0.25) is 0 Å². The van der Waals surface area contributed by atoms with Crippen molar-refractivity contribution in [3.05, 3.63) is 53.6 Å². The number of carbonyl (C=O) groups excluding carboxylic acids is 3. The number of fused-ring (bicyclic) bond motifs is 1. The first-order valence-electron chi connectivity index (χ1n) is 10.6. The van der Waals surface area contributed by atoms with Crippen LogP contribution in [0.15, 0.2) is 41.0 Å². The third-order valence-electron chi connectivity index (χ3n) is 6.02. The number of furan rings is 1. The summed E-state index contributed by atoms with van der Waals surface area (Å²) in [7, 11) is 1.31. The van der Waals surface area contributed by atoms with Gasteiger partial charge in [-0.2, -0.15) is 0 Å². The summed E-state index contributed by atoms with van der Waals surface area (Å²) in [6, 6.07) is 8.70. The summed E-state index contributed by atoms with van der Waals surface area (Å²) < 4.78 is 10.1. The zero-order valence-electron chi connectivity index (χ0n) is 18.4. The third kappa shape index (κ3) is 4.11. The first kappa shape index (κ1) is 21.6. The first-order valence-corrected chi connectivity index (χ1v) is 10.6. The number of methoxy groups -OCH3 is 1. The first-order chi connectivity index (χ1) is 15.4. The molecule has 2 aromatic heterocycles. The van der Waals surface area contributed by atoms with Gasteiger partial charge in [0.1, 0.15) is 5.69 Å². The summed E-state index contributed by atoms with van der Waals surface area (Å²) in [6.45, 7) is 6.15. The highest BCUT2D eigenvalue weighted by atomic mass is 16.5. The van der Waals surface area contributed by atoms with E-state index in [1.165, 1.54) is 13.4 Å². The topological polar surface area (TPSA) is 109 Å². The molecule has 1 fully saturated rings. The molecule has 1 aliphatic heterocycles. The van der Waals surface area contributed by atoms with E-state index in [0.717, 1.165) is 21.4 Å². The molecule has 3 aromatic rings. The number of aryl methyl sites for hydroxylation is 1. The molecule has 9 nitrogen and oxygen atoms in total. The van der Waals surface area contributed by atoms with Crippen molar-refractivity contribution in [3.63, 3.8) is 0 Å². The number of H-pyrrole nitrogens is 1. The van der Waals surface area contributed by atoms with Crippen LogP contribution in [-0.4, -0.2) is 67.0 Å². The van der Waals surface area contributed by atoms with Crippen molar-refractivity contribution in [2.24, 2.45) is 0 Å². The van der Waals surface area contributed by atoms with Crippen LogP contribution in [0.25, 0.3) is 10.9 Å². The monoisotopic (exact) mass is 439 g/mol. The lowest BCUT2D eigenvalue weighted by molar-refractivity contribution is -0.917. The maximum absolute atomic E-state index is 13.1. The Labute approximate surface area is 185 Å². The van der Waals surface area contributed by atoms with E-state index in [1.54, 1.807) is 17.0 Å². The Morgan fingerprint density at radius 2 is 1.97 bits per heavy atom. The van der Waals surface area contributed by atoms with Crippen molar-refractivity contribution in [3.8, 4) is 0 Å². The molecule has 2 amide bonds. The van der Waals surface area contributed by atoms with Crippen LogP contribution in [0.2, 0.25) is 0 Å². The minimum absolute atomic E-state index is 0.136. The van der Waals surface area contributed by atoms with Crippen LogP contribution in [0.5, 0.6) is 0 Å². The quantitative estimate of drug-likeness (QED) is 0.518. The van der Waals surface area contributed by atoms with Crippen LogP contribution >= 0.6 is 0 Å². The van der Waals surface area contributed by atoms with Gasteiger partial charge in [-0.05, 0) is 38.1 Å². The molecule has 1 saturated heterocycles. The fourth-order valence-electron chi connectivity index (χ4n) is 4.09. The highest BCUT2D eigenvalue weighted by Gasteiger charge is 2.33. The molecule has 4 rings (SSSR count). The van der Waals surface area contributed by atoms with E-state index in [-0.39, 0.29) is 23.6 Å². The summed E-state index contributed by atoms with van der Waals surface area (Å²) in [5.74, 6) is -0.551. The lowest BCUT2D eigenvalue weighted by Crippen LogP contribution is -3.19. The summed E-state index contributed by atoms with van der Waals surface area (Å²) >= 11 is 0. The summed E-state index contributed by atoms with van der Waals surface area (Å²) in [5.41, 5.74) is 2.41. The molecular formula is C23H27N4O5+. The van der Waals surface area contributed by atoms with Gasteiger partial charge in [-0.25, -0.2) is 4.79 Å². The Bertz CT molecular complexity index is 1140. The van der Waals surface area contributed by atoms with Crippen molar-refractivity contribution < 1.29 is 28.4 Å². The van der Waals surface area contributed by atoms with Crippen molar-refractivity contribution in [2.75, 3.05) is 38.6 Å². The Morgan fingerprint density at radius 3 is 2.62 bits per heavy atom. The van der Waals surface area contributed by atoms with Crippen LogP contribution in [0.1, 0.15) is 33.5 Å². The largest absolute Gasteiger partial charge is 0.464 e. The summed E-state index contributed by atoms with van der Waals surface area (Å²) in [4.78, 5) is 43.7. The number of hydrogen-bond acceptors (Lipinski definition) is 5. The number of ether oxygens (including phenoxy) is 1. The fourth-order valence-corrected chi connectivity index (χ4v) is 4.09. The number of amides is 2. The molecule has 1 aliphatic rings. The molecule has 0 bridgehead atoms. The molecule has 0 radical (unpaired) electrons. The molecule has 3 heterocycles. The Hall–Kier alpha value is -3.59. The fraction of sp³-hybridized carbons (Fsp3) is 0.348. The highest BCUT2D eigenvalue weighted by molar-refractivity contribution is 6.11. The van der Waals surface area contributed by atoms with Gasteiger partial charge >= 0.3 is 5.97 Å². The van der Waals surface area contributed by atoms with Gasteiger partial charge in [0.05, 0.1) is 45.2 Å². The number of rotatable bonds is 5. The van der Waals surface area contributed by atoms with Crippen LogP contribution in [0.4, 0.5) is 5.69 Å². The zero-order chi connectivity index (χ0) is 22.8. The van der Waals surface area contributed by atoms with E-state index in [1.807, 2.05) is 32.0 Å². The van der Waals surface area contributed by atoms with Gasteiger partial charge in [0.25, 0.3) is 11.8 Å². The smallest absolute Gasteiger partial charge is 0.356 e. The van der Waals surface area contributed by atoms with Gasteiger partial charge in [0.15, 0.2) is 11.8 Å². The van der Waals surface area contributed by atoms with Gasteiger partial charge in [-0.15, -0.1) is 0 Å². The van der Waals surface area contributed by atoms with Crippen molar-refractivity contribution in [1.82, 2.24) is 9.88 Å². The van der Waals surface area contributed by atoms with Crippen molar-refractivity contribution in [2.45, 2.75) is 19.9 Å². The number of nitrogens with zero attached hydrogens (tertiary/aromatic N) is 1. The average molecular weight is 439 g/mol. The number of aromatic amines is 1. The lowest BCUT2D eigenvalue weighted by Gasteiger charge is -2.34. The van der Waals surface area contributed by atoms with Crippen LogP contribution in [-0.2, 0) is 9.53 Å². The maximum atomic E-state index is 13.1. The second-order valence-corrected chi connectivity index (χ2v) is 8.05. The molecule has 1 atom stereocenters. The average Bonchev–Trinajstić information content (AvgIpc) is 3.46. The highest BCUT2D eigenvalue weighted by Crippen LogP contribution is 2.29. The molecule has 0 saturated carbocycles. The van der Waals surface area contributed by atoms with E-state index in [2.05, 4.69) is 10.3 Å². The number of nitrogens with one attached hydrogen (secondary N) is 3. The summed E-state index contributed by atoms with van der Waals surface area (Å²) in [6.07, 6.45) is 1.48. The van der Waals surface area contributed by atoms with E-state index in [4.69, 9.17) is 9.15 Å². The number of quaternary nitrogens is 1. The minimum Gasteiger partial charge on any atom is -0.464 e. The van der Waals surface area contributed by atoms with Gasteiger partial charge in [-0.3, -0.25) is 9.59 Å². The van der Waals surface area contributed by atoms with Crippen LogP contribution in [0.3, 0.4) is 0 Å². The number of hydrogen-bond donors (Lipinski definition) is 3. The molecule has 0 aliphatic carbocycles. The van der Waals surface area contributed by atoms with Crippen LogP contribution < -0.4 is 10.2 Å². The van der Waals surface area contributed by atoms with E-state index in [0.29, 0.717) is 37.6 Å². The number of carbonyl (C=O) groups is 3. The SMILES string of the molecule is COC(=O)c1[nH]c2ccc(C)cc2c1NC(=O)[C@@H](C)[NH+]1CCN(C(=O)c2ccco2)CC1. The van der Waals surface area contributed by atoms with E-state index in [9.17, 15) is 14.4 Å². The van der Waals surface area contributed by atoms with Gasteiger partial charge in [-0.1, -0.05) is 11.6 Å². The standard InChI is InChI=1S/C23H26N4O5/c1-14-6-7-17-16(13-14)19(20(24-17)23(30)31-3)25-21(28)15(2)26-8-10-27(11-9-26)22(29)18-5-4-12-32-18/h4-7,12-13,15,24H,8-11H2,1-3H3,(H,25,28)/p+1/t15-/m1/s1.